The van der Waals surface area contributed by atoms with Crippen molar-refractivity contribution in [2.45, 2.75) is 20.3 Å². The highest BCUT2D eigenvalue weighted by molar-refractivity contribution is 5.49. The molecule has 0 unspecified atom stereocenters. The lowest BCUT2D eigenvalue weighted by atomic mass is 9.98. The predicted octanol–water partition coefficient (Wildman–Crippen LogP) is 2.88. The second-order valence-electron chi connectivity index (χ2n) is 4.49. The third-order valence-electron chi connectivity index (χ3n) is 3.09. The molecule has 0 amide bonds. The molecule has 2 N–H and O–H groups in total. The van der Waals surface area contributed by atoms with Crippen LogP contribution in [0, 0.1) is 13.8 Å². The van der Waals surface area contributed by atoms with Gasteiger partial charge in [-0.25, -0.2) is 4.98 Å². The highest BCUT2D eigenvalue weighted by atomic mass is 16.5. The Balaban J connectivity index is 2.43. The first-order chi connectivity index (χ1) is 8.61. The average molecular weight is 242 g/mol. The van der Waals surface area contributed by atoms with Gasteiger partial charge in [0.15, 0.2) is 0 Å². The Morgan fingerprint density at radius 1 is 1.28 bits per heavy atom. The summed E-state index contributed by atoms with van der Waals surface area (Å²) in [6, 6.07) is 8.11. The maximum Gasteiger partial charge on any atom is 0.126 e. The molecule has 0 aliphatic heterocycles. The number of pyridine rings is 1. The zero-order valence-corrected chi connectivity index (χ0v) is 11.0. The largest absolute Gasteiger partial charge is 0.496 e. The fourth-order valence-corrected chi connectivity index (χ4v) is 2.16. The molecule has 0 spiro atoms. The molecule has 1 aromatic carbocycles. The molecule has 0 saturated carbocycles. The number of ether oxygens (including phenoxy) is 1. The van der Waals surface area contributed by atoms with E-state index in [1.54, 1.807) is 13.3 Å². The molecule has 1 aromatic heterocycles. The Bertz CT molecular complexity index is 564. The van der Waals surface area contributed by atoms with Gasteiger partial charge in [-0.2, -0.15) is 0 Å². The Kier molecular flexibility index (Phi) is 3.51. The molecule has 94 valence electrons. The molecule has 0 radical (unpaired) electrons. The number of hydrogen-bond acceptors (Lipinski definition) is 3. The third kappa shape index (κ3) is 2.45. The molecule has 18 heavy (non-hydrogen) atoms. The molecule has 0 aliphatic rings. The van der Waals surface area contributed by atoms with Crippen molar-refractivity contribution < 1.29 is 4.74 Å². The van der Waals surface area contributed by atoms with Crippen molar-refractivity contribution in [3.8, 4) is 5.75 Å². The number of hydrogen-bond donors (Lipinski definition) is 1. The van der Waals surface area contributed by atoms with Crippen LogP contribution in [0.5, 0.6) is 5.75 Å². The van der Waals surface area contributed by atoms with E-state index in [0.717, 1.165) is 17.7 Å². The first-order valence-corrected chi connectivity index (χ1v) is 5.95. The van der Waals surface area contributed by atoms with Gasteiger partial charge in [-0.05, 0) is 42.7 Å². The van der Waals surface area contributed by atoms with Crippen molar-refractivity contribution >= 4 is 5.82 Å². The van der Waals surface area contributed by atoms with Gasteiger partial charge in [0.05, 0.1) is 7.11 Å². The standard InChI is InChI=1S/C15H18N2O/c1-10-7-11(2)13(14(8-10)18-3)9-12-5-4-6-17-15(12)16/h4-8H,9H2,1-3H3,(H2,16,17). The SMILES string of the molecule is COc1cc(C)cc(C)c1Cc1cccnc1N. The molecule has 0 bridgehead atoms. The molecule has 0 fully saturated rings. The van der Waals surface area contributed by atoms with Gasteiger partial charge in [0.25, 0.3) is 0 Å². The van der Waals surface area contributed by atoms with E-state index < -0.39 is 0 Å². The topological polar surface area (TPSA) is 48.1 Å². The fourth-order valence-electron chi connectivity index (χ4n) is 2.16. The van der Waals surface area contributed by atoms with Gasteiger partial charge in [0.1, 0.15) is 11.6 Å². The summed E-state index contributed by atoms with van der Waals surface area (Å²) in [5, 5.41) is 0. The Labute approximate surface area is 108 Å². The second kappa shape index (κ2) is 5.08. The van der Waals surface area contributed by atoms with Crippen molar-refractivity contribution in [2.75, 3.05) is 12.8 Å². The van der Waals surface area contributed by atoms with Gasteiger partial charge >= 0.3 is 0 Å². The van der Waals surface area contributed by atoms with E-state index in [1.165, 1.54) is 16.7 Å². The first kappa shape index (κ1) is 12.4. The summed E-state index contributed by atoms with van der Waals surface area (Å²) in [6.45, 7) is 4.16. The molecule has 0 aliphatic carbocycles. The lowest BCUT2D eigenvalue weighted by molar-refractivity contribution is 0.410. The van der Waals surface area contributed by atoms with Crippen molar-refractivity contribution in [2.24, 2.45) is 0 Å². The number of nitrogen functional groups attached to an aromatic ring is 1. The summed E-state index contributed by atoms with van der Waals surface area (Å²) >= 11 is 0. The fraction of sp³-hybridized carbons (Fsp3) is 0.267. The van der Waals surface area contributed by atoms with Gasteiger partial charge in [-0.15, -0.1) is 0 Å². The second-order valence-corrected chi connectivity index (χ2v) is 4.49. The monoisotopic (exact) mass is 242 g/mol. The molecule has 2 rings (SSSR count). The van der Waals surface area contributed by atoms with Gasteiger partial charge in [0, 0.05) is 18.2 Å². The van der Waals surface area contributed by atoms with Crippen molar-refractivity contribution in [3.05, 3.63) is 52.7 Å². The summed E-state index contributed by atoms with van der Waals surface area (Å²) in [6.07, 6.45) is 2.45. The van der Waals surface area contributed by atoms with E-state index in [4.69, 9.17) is 10.5 Å². The number of nitrogens with zero attached hydrogens (tertiary/aromatic N) is 1. The maximum absolute atomic E-state index is 5.89. The van der Waals surface area contributed by atoms with Crippen LogP contribution in [0.25, 0.3) is 0 Å². The Hall–Kier alpha value is -2.03. The van der Waals surface area contributed by atoms with Crippen LogP contribution >= 0.6 is 0 Å². The number of aromatic nitrogens is 1. The van der Waals surface area contributed by atoms with Crippen molar-refractivity contribution in [1.82, 2.24) is 4.98 Å². The van der Waals surface area contributed by atoms with Gasteiger partial charge in [-0.3, -0.25) is 0 Å². The lowest BCUT2D eigenvalue weighted by Gasteiger charge is -2.13. The van der Waals surface area contributed by atoms with Crippen LogP contribution in [0.1, 0.15) is 22.3 Å². The molecule has 1 heterocycles. The number of anilines is 1. The van der Waals surface area contributed by atoms with Crippen LogP contribution in [0.2, 0.25) is 0 Å². The van der Waals surface area contributed by atoms with Crippen molar-refractivity contribution in [3.63, 3.8) is 0 Å². The molecule has 0 atom stereocenters. The Morgan fingerprint density at radius 3 is 2.72 bits per heavy atom. The highest BCUT2D eigenvalue weighted by Crippen LogP contribution is 2.27. The highest BCUT2D eigenvalue weighted by Gasteiger charge is 2.10. The van der Waals surface area contributed by atoms with Crippen LogP contribution in [0.3, 0.4) is 0 Å². The smallest absolute Gasteiger partial charge is 0.126 e. The molecule has 0 saturated heterocycles. The van der Waals surface area contributed by atoms with Crippen LogP contribution in [0.4, 0.5) is 5.82 Å². The van der Waals surface area contributed by atoms with Crippen LogP contribution in [-0.2, 0) is 6.42 Å². The zero-order valence-electron chi connectivity index (χ0n) is 11.0. The summed E-state index contributed by atoms with van der Waals surface area (Å²) in [5.41, 5.74) is 10.5. The molecule has 3 heteroatoms. The van der Waals surface area contributed by atoms with Gasteiger partial charge in [0.2, 0.25) is 0 Å². The molecular formula is C15H18N2O. The summed E-state index contributed by atoms with van der Waals surface area (Å²) in [5.74, 6) is 1.50. The Morgan fingerprint density at radius 2 is 2.06 bits per heavy atom. The van der Waals surface area contributed by atoms with Crippen LogP contribution in [-0.4, -0.2) is 12.1 Å². The normalized spacial score (nSPS) is 10.4. The minimum Gasteiger partial charge on any atom is -0.496 e. The predicted molar refractivity (Wildman–Crippen MR) is 73.9 cm³/mol. The number of aryl methyl sites for hydroxylation is 2. The van der Waals surface area contributed by atoms with E-state index in [1.807, 2.05) is 12.1 Å². The minimum atomic E-state index is 0.583. The zero-order chi connectivity index (χ0) is 13.1. The maximum atomic E-state index is 5.89. The molecular weight excluding hydrogens is 224 g/mol. The average Bonchev–Trinajstić information content (AvgIpc) is 2.34. The summed E-state index contributed by atoms with van der Waals surface area (Å²) < 4.78 is 5.46. The van der Waals surface area contributed by atoms with Crippen molar-refractivity contribution in [1.29, 1.82) is 0 Å². The quantitative estimate of drug-likeness (QED) is 0.900. The van der Waals surface area contributed by atoms with E-state index in [-0.39, 0.29) is 0 Å². The lowest BCUT2D eigenvalue weighted by Crippen LogP contribution is -2.02. The van der Waals surface area contributed by atoms with Crippen LogP contribution in [0.15, 0.2) is 30.5 Å². The van der Waals surface area contributed by atoms with Gasteiger partial charge in [-0.1, -0.05) is 12.1 Å². The first-order valence-electron chi connectivity index (χ1n) is 5.95. The minimum absolute atomic E-state index is 0.583. The third-order valence-corrected chi connectivity index (χ3v) is 3.09. The number of nitrogens with two attached hydrogens (primary N) is 1. The number of methoxy groups -OCH3 is 1. The molecule has 2 aromatic rings. The van der Waals surface area contributed by atoms with E-state index >= 15 is 0 Å². The summed E-state index contributed by atoms with van der Waals surface area (Å²) in [7, 11) is 1.70. The van der Waals surface area contributed by atoms with Gasteiger partial charge < -0.3 is 10.5 Å². The van der Waals surface area contributed by atoms with E-state index in [0.29, 0.717) is 5.82 Å². The van der Waals surface area contributed by atoms with E-state index in [2.05, 4.69) is 31.0 Å². The van der Waals surface area contributed by atoms with Crippen LogP contribution < -0.4 is 10.5 Å². The summed E-state index contributed by atoms with van der Waals surface area (Å²) in [4.78, 5) is 4.11. The number of benzene rings is 1. The molecule has 3 nitrogen and oxygen atoms in total. The number of rotatable bonds is 3. The van der Waals surface area contributed by atoms with E-state index in [9.17, 15) is 0 Å².